The normalized spacial score (nSPS) is 19.9. The zero-order chi connectivity index (χ0) is 12.8. The molecular weight excluding hydrogens is 230 g/mol. The number of ether oxygens (including phenoxy) is 1. The van der Waals surface area contributed by atoms with Gasteiger partial charge in [0, 0.05) is 12.6 Å². The van der Waals surface area contributed by atoms with E-state index in [-0.39, 0.29) is 12.5 Å². The van der Waals surface area contributed by atoms with E-state index in [4.69, 9.17) is 9.84 Å². The number of carboxylic acids is 1. The third kappa shape index (κ3) is 3.74. The second-order valence-electron chi connectivity index (χ2n) is 4.59. The Morgan fingerprint density at radius 1 is 1.39 bits per heavy atom. The maximum atomic E-state index is 10.7. The van der Waals surface area contributed by atoms with Crippen molar-refractivity contribution in [3.8, 4) is 5.75 Å². The minimum atomic E-state index is -0.712. The molecule has 1 heterocycles. The fraction of sp³-hybridized carbons (Fsp3) is 0.500. The molecule has 1 aromatic carbocycles. The lowest BCUT2D eigenvalue weighted by molar-refractivity contribution is -0.138. The van der Waals surface area contributed by atoms with E-state index in [2.05, 4.69) is 4.90 Å². The number of para-hydroxylation sites is 1. The van der Waals surface area contributed by atoms with Crippen LogP contribution in [0.15, 0.2) is 30.3 Å². The second-order valence-corrected chi connectivity index (χ2v) is 4.59. The molecule has 18 heavy (non-hydrogen) atoms. The fourth-order valence-electron chi connectivity index (χ4n) is 2.42. The fourth-order valence-corrected chi connectivity index (χ4v) is 2.42. The highest BCUT2D eigenvalue weighted by Crippen LogP contribution is 2.19. The molecule has 0 aliphatic carbocycles. The quantitative estimate of drug-likeness (QED) is 0.837. The van der Waals surface area contributed by atoms with Crippen molar-refractivity contribution < 1.29 is 14.6 Å². The lowest BCUT2D eigenvalue weighted by Crippen LogP contribution is -2.34. The van der Waals surface area contributed by atoms with Gasteiger partial charge in [0.15, 0.2) is 0 Å². The monoisotopic (exact) mass is 249 g/mol. The SMILES string of the molecule is O=C(O)CC1CCCN1CCOc1ccccc1. The number of hydrogen-bond acceptors (Lipinski definition) is 3. The highest BCUT2D eigenvalue weighted by atomic mass is 16.5. The van der Waals surface area contributed by atoms with Crippen LogP contribution in [0.3, 0.4) is 0 Å². The van der Waals surface area contributed by atoms with E-state index in [1.54, 1.807) is 0 Å². The van der Waals surface area contributed by atoms with Crippen molar-refractivity contribution in [2.75, 3.05) is 19.7 Å². The van der Waals surface area contributed by atoms with E-state index in [0.29, 0.717) is 6.61 Å². The third-order valence-corrected chi connectivity index (χ3v) is 3.30. The lowest BCUT2D eigenvalue weighted by atomic mass is 10.1. The summed E-state index contributed by atoms with van der Waals surface area (Å²) in [6.07, 6.45) is 2.31. The summed E-state index contributed by atoms with van der Waals surface area (Å²) in [7, 11) is 0. The van der Waals surface area contributed by atoms with Crippen LogP contribution in [0.5, 0.6) is 5.75 Å². The zero-order valence-corrected chi connectivity index (χ0v) is 10.4. The Hall–Kier alpha value is -1.55. The number of likely N-dealkylation sites (tertiary alicyclic amines) is 1. The van der Waals surface area contributed by atoms with E-state index in [9.17, 15) is 4.79 Å². The number of carbonyl (C=O) groups is 1. The van der Waals surface area contributed by atoms with Gasteiger partial charge < -0.3 is 9.84 Å². The average Bonchev–Trinajstić information content (AvgIpc) is 2.77. The molecular formula is C14H19NO3. The van der Waals surface area contributed by atoms with Gasteiger partial charge in [0.05, 0.1) is 6.42 Å². The summed E-state index contributed by atoms with van der Waals surface area (Å²) in [5, 5.41) is 8.84. The van der Waals surface area contributed by atoms with Crippen molar-refractivity contribution in [2.45, 2.75) is 25.3 Å². The first-order valence-electron chi connectivity index (χ1n) is 6.39. The summed E-state index contributed by atoms with van der Waals surface area (Å²) in [5.74, 6) is 0.155. The highest BCUT2D eigenvalue weighted by molar-refractivity contribution is 5.67. The predicted octanol–water partition coefficient (Wildman–Crippen LogP) is 2.00. The first-order valence-corrected chi connectivity index (χ1v) is 6.39. The van der Waals surface area contributed by atoms with Crippen molar-refractivity contribution in [3.63, 3.8) is 0 Å². The lowest BCUT2D eigenvalue weighted by Gasteiger charge is -2.22. The molecule has 1 aliphatic rings. The van der Waals surface area contributed by atoms with Gasteiger partial charge in [0.1, 0.15) is 12.4 Å². The van der Waals surface area contributed by atoms with Gasteiger partial charge in [-0.1, -0.05) is 18.2 Å². The van der Waals surface area contributed by atoms with Gasteiger partial charge in [-0.3, -0.25) is 9.69 Å². The van der Waals surface area contributed by atoms with Crippen molar-refractivity contribution in [2.24, 2.45) is 0 Å². The first-order chi connectivity index (χ1) is 8.75. The Labute approximate surface area is 107 Å². The Balaban J connectivity index is 1.74. The molecule has 0 amide bonds. The van der Waals surface area contributed by atoms with Crippen molar-refractivity contribution in [1.29, 1.82) is 0 Å². The standard InChI is InChI=1S/C14H19NO3/c16-14(17)11-12-5-4-8-15(12)9-10-18-13-6-2-1-3-7-13/h1-3,6-7,12H,4-5,8-11H2,(H,16,17). The molecule has 0 aromatic heterocycles. The molecule has 1 aliphatic heterocycles. The maximum absolute atomic E-state index is 10.7. The van der Waals surface area contributed by atoms with E-state index >= 15 is 0 Å². The molecule has 1 fully saturated rings. The van der Waals surface area contributed by atoms with E-state index in [1.165, 1.54) is 0 Å². The topological polar surface area (TPSA) is 49.8 Å². The summed E-state index contributed by atoms with van der Waals surface area (Å²) in [5.41, 5.74) is 0. The highest BCUT2D eigenvalue weighted by Gasteiger charge is 2.26. The van der Waals surface area contributed by atoms with Crippen molar-refractivity contribution in [3.05, 3.63) is 30.3 Å². The van der Waals surface area contributed by atoms with Crippen molar-refractivity contribution >= 4 is 5.97 Å². The van der Waals surface area contributed by atoms with Crippen LogP contribution in [-0.2, 0) is 4.79 Å². The Kier molecular flexibility index (Phi) is 4.59. The van der Waals surface area contributed by atoms with Gasteiger partial charge in [0.25, 0.3) is 0 Å². The van der Waals surface area contributed by atoms with Crippen LogP contribution >= 0.6 is 0 Å². The van der Waals surface area contributed by atoms with Crippen LogP contribution in [0.4, 0.5) is 0 Å². The molecule has 1 saturated heterocycles. The summed E-state index contributed by atoms with van der Waals surface area (Å²) >= 11 is 0. The molecule has 4 nitrogen and oxygen atoms in total. The van der Waals surface area contributed by atoms with Gasteiger partial charge in [-0.25, -0.2) is 0 Å². The molecule has 4 heteroatoms. The van der Waals surface area contributed by atoms with E-state index in [0.717, 1.165) is 31.7 Å². The molecule has 98 valence electrons. The first kappa shape index (κ1) is 12.9. The van der Waals surface area contributed by atoms with E-state index in [1.807, 2.05) is 30.3 Å². The number of rotatable bonds is 6. The molecule has 1 aromatic rings. The average molecular weight is 249 g/mol. The summed E-state index contributed by atoms with van der Waals surface area (Å²) < 4.78 is 5.63. The van der Waals surface area contributed by atoms with Crippen LogP contribution < -0.4 is 4.74 Å². The third-order valence-electron chi connectivity index (χ3n) is 3.30. The van der Waals surface area contributed by atoms with Crippen LogP contribution in [0.25, 0.3) is 0 Å². The smallest absolute Gasteiger partial charge is 0.304 e. The van der Waals surface area contributed by atoms with Gasteiger partial charge >= 0.3 is 5.97 Å². The van der Waals surface area contributed by atoms with Gasteiger partial charge in [-0.05, 0) is 31.5 Å². The predicted molar refractivity (Wildman–Crippen MR) is 68.8 cm³/mol. The van der Waals surface area contributed by atoms with Gasteiger partial charge in [0.2, 0.25) is 0 Å². The van der Waals surface area contributed by atoms with E-state index < -0.39 is 5.97 Å². The molecule has 2 rings (SSSR count). The van der Waals surface area contributed by atoms with Gasteiger partial charge in [-0.15, -0.1) is 0 Å². The molecule has 0 bridgehead atoms. The molecule has 0 radical (unpaired) electrons. The Morgan fingerprint density at radius 2 is 2.17 bits per heavy atom. The number of aliphatic carboxylic acids is 1. The van der Waals surface area contributed by atoms with Crippen LogP contribution in [-0.4, -0.2) is 41.7 Å². The van der Waals surface area contributed by atoms with Crippen LogP contribution in [0.2, 0.25) is 0 Å². The summed E-state index contributed by atoms with van der Waals surface area (Å²) in [6, 6.07) is 9.88. The molecule has 1 N–H and O–H groups in total. The van der Waals surface area contributed by atoms with Crippen LogP contribution in [0, 0.1) is 0 Å². The van der Waals surface area contributed by atoms with Crippen molar-refractivity contribution in [1.82, 2.24) is 4.90 Å². The molecule has 0 saturated carbocycles. The minimum absolute atomic E-state index is 0.182. The number of hydrogen-bond donors (Lipinski definition) is 1. The van der Waals surface area contributed by atoms with Gasteiger partial charge in [-0.2, -0.15) is 0 Å². The second kappa shape index (κ2) is 6.40. The molecule has 0 spiro atoms. The summed E-state index contributed by atoms with van der Waals surface area (Å²) in [6.45, 7) is 2.39. The summed E-state index contributed by atoms with van der Waals surface area (Å²) in [4.78, 5) is 13.0. The molecule has 1 atom stereocenters. The number of nitrogens with zero attached hydrogens (tertiary/aromatic N) is 1. The zero-order valence-electron chi connectivity index (χ0n) is 10.4. The molecule has 1 unspecified atom stereocenters. The Bertz CT molecular complexity index is 380. The van der Waals surface area contributed by atoms with Crippen LogP contribution in [0.1, 0.15) is 19.3 Å². The minimum Gasteiger partial charge on any atom is -0.492 e. The largest absolute Gasteiger partial charge is 0.492 e. The maximum Gasteiger partial charge on any atom is 0.304 e. The number of carboxylic acid groups (broad SMARTS) is 1. The number of benzene rings is 1. The Morgan fingerprint density at radius 3 is 2.89 bits per heavy atom.